The summed E-state index contributed by atoms with van der Waals surface area (Å²) >= 11 is 0. The molecule has 0 aromatic rings. The maximum Gasteiger partial charge on any atom is 0.192 e. The lowest BCUT2D eigenvalue weighted by Crippen LogP contribution is -2.39. The van der Waals surface area contributed by atoms with Gasteiger partial charge in [0.15, 0.2) is 8.32 Å². The molecule has 0 fully saturated rings. The van der Waals surface area contributed by atoms with Crippen molar-refractivity contribution in [3.63, 3.8) is 0 Å². The minimum atomic E-state index is -1.39. The topological polar surface area (TPSA) is 9.23 Å². The molecule has 1 nitrogen and oxygen atoms in total. The van der Waals surface area contributed by atoms with Crippen LogP contribution in [0.3, 0.4) is 0 Å². The molecule has 0 aliphatic carbocycles. The van der Waals surface area contributed by atoms with Gasteiger partial charge in [0, 0.05) is 6.10 Å². The van der Waals surface area contributed by atoms with Crippen LogP contribution in [-0.4, -0.2) is 14.4 Å². The fourth-order valence-corrected chi connectivity index (χ4v) is 7.08. The maximum absolute atomic E-state index is 6.54. The number of hydrogen-bond acceptors (Lipinski definition) is 1. The van der Waals surface area contributed by atoms with Gasteiger partial charge in [0.2, 0.25) is 0 Å². The lowest BCUT2D eigenvalue weighted by Gasteiger charge is -2.31. The van der Waals surface area contributed by atoms with E-state index in [-0.39, 0.29) is 0 Å². The van der Waals surface area contributed by atoms with Gasteiger partial charge >= 0.3 is 0 Å². The first-order valence-electron chi connectivity index (χ1n) is 12.3. The molecular formula is C24H52OSi. The van der Waals surface area contributed by atoms with Crippen molar-refractivity contribution in [2.45, 2.75) is 155 Å². The zero-order valence-electron chi connectivity index (χ0n) is 19.2. The van der Waals surface area contributed by atoms with Crippen LogP contribution in [0, 0.1) is 0 Å². The van der Waals surface area contributed by atoms with Crippen molar-refractivity contribution in [2.75, 3.05) is 0 Å². The van der Waals surface area contributed by atoms with Crippen molar-refractivity contribution >= 4 is 8.32 Å². The van der Waals surface area contributed by atoms with Crippen LogP contribution in [0.2, 0.25) is 18.1 Å². The van der Waals surface area contributed by atoms with Crippen LogP contribution in [0.5, 0.6) is 0 Å². The highest BCUT2D eigenvalue weighted by atomic mass is 28.4. The van der Waals surface area contributed by atoms with Crippen LogP contribution < -0.4 is 0 Å². The van der Waals surface area contributed by atoms with E-state index in [2.05, 4.69) is 34.6 Å². The SMILES string of the molecule is CCCCCCCCCCCCCCCCC(C)O[Si](CC)(CC)CC. The highest BCUT2D eigenvalue weighted by Gasteiger charge is 2.30. The fourth-order valence-electron chi connectivity index (χ4n) is 4.11. The first kappa shape index (κ1) is 26.2. The zero-order valence-corrected chi connectivity index (χ0v) is 20.2. The average molecular weight is 385 g/mol. The van der Waals surface area contributed by atoms with Gasteiger partial charge < -0.3 is 4.43 Å². The Labute approximate surface area is 168 Å². The van der Waals surface area contributed by atoms with Crippen LogP contribution >= 0.6 is 0 Å². The Morgan fingerprint density at radius 1 is 0.538 bits per heavy atom. The third kappa shape index (κ3) is 14.3. The van der Waals surface area contributed by atoms with E-state index in [9.17, 15) is 0 Å². The number of unbranched alkanes of at least 4 members (excludes halogenated alkanes) is 13. The summed E-state index contributed by atoms with van der Waals surface area (Å²) < 4.78 is 6.54. The largest absolute Gasteiger partial charge is 0.414 e. The Balaban J connectivity index is 3.38. The summed E-state index contributed by atoms with van der Waals surface area (Å²) in [6, 6.07) is 3.84. The predicted molar refractivity (Wildman–Crippen MR) is 123 cm³/mol. The molecule has 0 amide bonds. The molecule has 0 N–H and O–H groups in total. The normalized spacial score (nSPS) is 13.3. The highest BCUT2D eigenvalue weighted by Crippen LogP contribution is 2.25. The third-order valence-electron chi connectivity index (χ3n) is 6.35. The zero-order chi connectivity index (χ0) is 19.5. The van der Waals surface area contributed by atoms with Crippen LogP contribution in [-0.2, 0) is 4.43 Å². The second kappa shape index (κ2) is 18.5. The molecule has 0 saturated heterocycles. The summed E-state index contributed by atoms with van der Waals surface area (Å²) in [7, 11) is -1.39. The quantitative estimate of drug-likeness (QED) is 0.150. The molecule has 0 aliphatic rings. The molecule has 0 aromatic heterocycles. The summed E-state index contributed by atoms with van der Waals surface area (Å²) in [5.41, 5.74) is 0. The molecule has 0 radical (unpaired) electrons. The molecule has 1 atom stereocenters. The van der Waals surface area contributed by atoms with Gasteiger partial charge in [-0.25, -0.2) is 0 Å². The Bertz CT molecular complexity index is 267. The maximum atomic E-state index is 6.54. The Kier molecular flexibility index (Phi) is 18.7. The van der Waals surface area contributed by atoms with E-state index in [1.807, 2.05) is 0 Å². The van der Waals surface area contributed by atoms with Crippen LogP contribution in [0.1, 0.15) is 131 Å². The highest BCUT2D eigenvalue weighted by molar-refractivity contribution is 6.73. The first-order chi connectivity index (χ1) is 12.6. The minimum Gasteiger partial charge on any atom is -0.414 e. The summed E-state index contributed by atoms with van der Waals surface area (Å²) in [4.78, 5) is 0. The number of hydrogen-bond donors (Lipinski definition) is 0. The molecule has 0 heterocycles. The molecule has 0 saturated carbocycles. The third-order valence-corrected chi connectivity index (χ3v) is 11.1. The Morgan fingerprint density at radius 2 is 0.885 bits per heavy atom. The van der Waals surface area contributed by atoms with Crippen molar-refractivity contribution in [1.29, 1.82) is 0 Å². The summed E-state index contributed by atoms with van der Waals surface area (Å²) in [6.07, 6.45) is 21.9. The van der Waals surface area contributed by atoms with E-state index in [4.69, 9.17) is 4.43 Å². The van der Waals surface area contributed by atoms with Gasteiger partial charge in [-0.15, -0.1) is 0 Å². The second-order valence-electron chi connectivity index (χ2n) is 8.56. The van der Waals surface area contributed by atoms with Gasteiger partial charge in [0.1, 0.15) is 0 Å². The van der Waals surface area contributed by atoms with Crippen LogP contribution in [0.25, 0.3) is 0 Å². The Hall–Kier alpha value is 0.177. The number of rotatable bonds is 20. The van der Waals surface area contributed by atoms with E-state index in [0.717, 1.165) is 0 Å². The van der Waals surface area contributed by atoms with Crippen molar-refractivity contribution < 1.29 is 4.43 Å². The monoisotopic (exact) mass is 384 g/mol. The smallest absolute Gasteiger partial charge is 0.192 e. The van der Waals surface area contributed by atoms with Gasteiger partial charge in [-0.2, -0.15) is 0 Å². The van der Waals surface area contributed by atoms with Crippen molar-refractivity contribution in [1.82, 2.24) is 0 Å². The molecule has 2 heteroatoms. The van der Waals surface area contributed by atoms with E-state index in [1.165, 1.54) is 114 Å². The van der Waals surface area contributed by atoms with Gasteiger partial charge in [0.25, 0.3) is 0 Å². The summed E-state index contributed by atoms with van der Waals surface area (Å²) in [6.45, 7) is 11.6. The predicted octanol–water partition coefficient (Wildman–Crippen LogP) is 9.27. The van der Waals surface area contributed by atoms with Crippen LogP contribution in [0.4, 0.5) is 0 Å². The fraction of sp³-hybridized carbons (Fsp3) is 1.00. The van der Waals surface area contributed by atoms with Gasteiger partial charge in [-0.3, -0.25) is 0 Å². The summed E-state index contributed by atoms with van der Waals surface area (Å²) in [5, 5.41) is 0. The molecular weight excluding hydrogens is 332 g/mol. The van der Waals surface area contributed by atoms with Crippen molar-refractivity contribution in [3.05, 3.63) is 0 Å². The van der Waals surface area contributed by atoms with Gasteiger partial charge in [-0.05, 0) is 31.5 Å². The molecule has 0 bridgehead atoms. The lowest BCUT2D eigenvalue weighted by atomic mass is 10.0. The van der Waals surface area contributed by atoms with Crippen molar-refractivity contribution in [2.24, 2.45) is 0 Å². The molecule has 158 valence electrons. The average Bonchev–Trinajstić information content (AvgIpc) is 2.66. The van der Waals surface area contributed by atoms with Gasteiger partial charge in [-0.1, -0.05) is 118 Å². The first-order valence-corrected chi connectivity index (χ1v) is 14.8. The minimum absolute atomic E-state index is 0.485. The molecule has 0 aliphatic heterocycles. The second-order valence-corrected chi connectivity index (χ2v) is 13.3. The standard InChI is InChI=1S/C24H52OSi/c1-6-10-11-12-13-14-15-16-17-18-19-20-21-22-23-24(5)25-26(7-2,8-3)9-4/h24H,6-23H2,1-5H3. The molecule has 0 spiro atoms. The molecule has 0 rings (SSSR count). The van der Waals surface area contributed by atoms with Crippen LogP contribution in [0.15, 0.2) is 0 Å². The molecule has 0 aromatic carbocycles. The van der Waals surface area contributed by atoms with Crippen molar-refractivity contribution in [3.8, 4) is 0 Å². The summed E-state index contributed by atoms with van der Waals surface area (Å²) in [5.74, 6) is 0. The van der Waals surface area contributed by atoms with E-state index >= 15 is 0 Å². The van der Waals surface area contributed by atoms with E-state index in [1.54, 1.807) is 0 Å². The lowest BCUT2D eigenvalue weighted by molar-refractivity contribution is 0.191. The Morgan fingerprint density at radius 3 is 1.23 bits per heavy atom. The molecule has 1 unspecified atom stereocenters. The van der Waals surface area contributed by atoms with E-state index in [0.29, 0.717) is 6.10 Å². The van der Waals surface area contributed by atoms with Gasteiger partial charge in [0.05, 0.1) is 0 Å². The molecule has 26 heavy (non-hydrogen) atoms. The van der Waals surface area contributed by atoms with E-state index < -0.39 is 8.32 Å².